The minimum Gasteiger partial charge on any atom is -0.481 e. The SMILES string of the molecule is Nc1ccc2nnc(CN3CCC(C(=O)O)CC3)n2c1. The van der Waals surface area contributed by atoms with E-state index in [4.69, 9.17) is 10.8 Å². The molecule has 7 nitrogen and oxygen atoms in total. The summed E-state index contributed by atoms with van der Waals surface area (Å²) in [4.78, 5) is 13.1. The number of carbonyl (C=O) groups is 1. The van der Waals surface area contributed by atoms with Gasteiger partial charge in [0, 0.05) is 11.9 Å². The number of anilines is 1. The summed E-state index contributed by atoms with van der Waals surface area (Å²) in [6, 6.07) is 3.63. The lowest BCUT2D eigenvalue weighted by molar-refractivity contribution is -0.143. The highest BCUT2D eigenvalue weighted by Crippen LogP contribution is 2.19. The van der Waals surface area contributed by atoms with Crippen LogP contribution < -0.4 is 5.73 Å². The molecule has 106 valence electrons. The first-order chi connectivity index (χ1) is 9.63. The van der Waals surface area contributed by atoms with E-state index in [2.05, 4.69) is 15.1 Å². The fourth-order valence-corrected chi connectivity index (χ4v) is 2.60. The number of nitrogens with two attached hydrogens (primary N) is 1. The Morgan fingerprint density at radius 1 is 1.35 bits per heavy atom. The molecule has 0 spiro atoms. The average molecular weight is 275 g/mol. The van der Waals surface area contributed by atoms with Crippen LogP contribution in [-0.4, -0.2) is 43.7 Å². The van der Waals surface area contributed by atoms with Crippen molar-refractivity contribution in [2.75, 3.05) is 18.8 Å². The zero-order chi connectivity index (χ0) is 14.1. The van der Waals surface area contributed by atoms with Gasteiger partial charge in [0.15, 0.2) is 11.5 Å². The van der Waals surface area contributed by atoms with Crippen molar-refractivity contribution in [3.8, 4) is 0 Å². The van der Waals surface area contributed by atoms with E-state index in [0.29, 0.717) is 25.1 Å². The van der Waals surface area contributed by atoms with Crippen LogP contribution in [-0.2, 0) is 11.3 Å². The van der Waals surface area contributed by atoms with Crippen molar-refractivity contribution < 1.29 is 9.90 Å². The predicted molar refractivity (Wildman–Crippen MR) is 73.0 cm³/mol. The van der Waals surface area contributed by atoms with Gasteiger partial charge in [0.1, 0.15) is 0 Å². The summed E-state index contributed by atoms with van der Waals surface area (Å²) in [5.74, 6) is -0.0662. The first-order valence-corrected chi connectivity index (χ1v) is 6.68. The van der Waals surface area contributed by atoms with Crippen molar-refractivity contribution in [2.45, 2.75) is 19.4 Å². The normalized spacial score (nSPS) is 17.6. The summed E-state index contributed by atoms with van der Waals surface area (Å²) in [5, 5.41) is 17.3. The number of rotatable bonds is 3. The van der Waals surface area contributed by atoms with E-state index < -0.39 is 5.97 Å². The minimum absolute atomic E-state index is 0.211. The van der Waals surface area contributed by atoms with Gasteiger partial charge in [0.05, 0.1) is 12.5 Å². The van der Waals surface area contributed by atoms with Crippen LogP contribution in [0.5, 0.6) is 0 Å². The number of carboxylic acids is 1. The molecule has 1 saturated heterocycles. The number of nitrogens with zero attached hydrogens (tertiary/aromatic N) is 4. The fraction of sp³-hybridized carbons (Fsp3) is 0.462. The molecule has 2 aromatic rings. The second-order valence-corrected chi connectivity index (χ2v) is 5.20. The van der Waals surface area contributed by atoms with Gasteiger partial charge in [-0.05, 0) is 38.1 Å². The molecule has 0 unspecified atom stereocenters. The first-order valence-electron chi connectivity index (χ1n) is 6.68. The van der Waals surface area contributed by atoms with Crippen molar-refractivity contribution >= 4 is 17.3 Å². The van der Waals surface area contributed by atoms with Crippen LogP contribution in [0.15, 0.2) is 18.3 Å². The van der Waals surface area contributed by atoms with Gasteiger partial charge in [0.25, 0.3) is 0 Å². The molecule has 0 radical (unpaired) electrons. The average Bonchev–Trinajstić information content (AvgIpc) is 2.82. The van der Waals surface area contributed by atoms with Crippen LogP contribution >= 0.6 is 0 Å². The highest BCUT2D eigenvalue weighted by Gasteiger charge is 2.25. The molecule has 0 atom stereocenters. The monoisotopic (exact) mass is 275 g/mol. The van der Waals surface area contributed by atoms with E-state index in [0.717, 1.165) is 24.6 Å². The number of carboxylic acid groups (broad SMARTS) is 1. The molecule has 0 amide bonds. The standard InChI is InChI=1S/C13H17N5O2/c14-10-1-2-11-15-16-12(18(11)7-10)8-17-5-3-9(4-6-17)13(19)20/h1-2,7,9H,3-6,8,14H2,(H,19,20). The number of piperidine rings is 1. The maximum absolute atomic E-state index is 10.9. The van der Waals surface area contributed by atoms with Crippen LogP contribution in [0.2, 0.25) is 0 Å². The zero-order valence-corrected chi connectivity index (χ0v) is 11.1. The van der Waals surface area contributed by atoms with Crippen LogP contribution in [0.3, 0.4) is 0 Å². The number of nitrogen functional groups attached to an aromatic ring is 1. The lowest BCUT2D eigenvalue weighted by atomic mass is 9.97. The van der Waals surface area contributed by atoms with Gasteiger partial charge in [0.2, 0.25) is 0 Å². The Bertz CT molecular complexity index is 631. The number of hydrogen-bond donors (Lipinski definition) is 2. The summed E-state index contributed by atoms with van der Waals surface area (Å²) in [6.45, 7) is 2.21. The summed E-state index contributed by atoms with van der Waals surface area (Å²) in [5.41, 5.74) is 7.22. The van der Waals surface area contributed by atoms with Gasteiger partial charge in [-0.25, -0.2) is 0 Å². The molecule has 1 aliphatic rings. The van der Waals surface area contributed by atoms with Gasteiger partial charge in [-0.3, -0.25) is 14.1 Å². The largest absolute Gasteiger partial charge is 0.481 e. The molecule has 3 N–H and O–H groups in total. The molecule has 3 heterocycles. The molecule has 0 aromatic carbocycles. The summed E-state index contributed by atoms with van der Waals surface area (Å²) < 4.78 is 1.89. The molecule has 1 aliphatic heterocycles. The van der Waals surface area contributed by atoms with E-state index in [1.807, 2.05) is 16.7 Å². The zero-order valence-electron chi connectivity index (χ0n) is 11.1. The second kappa shape index (κ2) is 5.09. The lowest BCUT2D eigenvalue weighted by Crippen LogP contribution is -2.36. The van der Waals surface area contributed by atoms with Crippen molar-refractivity contribution in [1.29, 1.82) is 0 Å². The Morgan fingerprint density at radius 2 is 2.10 bits per heavy atom. The smallest absolute Gasteiger partial charge is 0.306 e. The molecular formula is C13H17N5O2. The number of aromatic nitrogens is 3. The van der Waals surface area contributed by atoms with Crippen LogP contribution in [0.25, 0.3) is 5.65 Å². The van der Waals surface area contributed by atoms with Crippen molar-refractivity contribution in [2.24, 2.45) is 5.92 Å². The van der Waals surface area contributed by atoms with Crippen molar-refractivity contribution in [1.82, 2.24) is 19.5 Å². The van der Waals surface area contributed by atoms with E-state index in [1.165, 1.54) is 0 Å². The van der Waals surface area contributed by atoms with Crippen LogP contribution in [0.4, 0.5) is 5.69 Å². The first kappa shape index (κ1) is 12.9. The van der Waals surface area contributed by atoms with E-state index in [9.17, 15) is 4.79 Å². The van der Waals surface area contributed by atoms with E-state index >= 15 is 0 Å². The maximum Gasteiger partial charge on any atom is 0.306 e. The van der Waals surface area contributed by atoms with Crippen molar-refractivity contribution in [3.05, 3.63) is 24.2 Å². The Morgan fingerprint density at radius 3 is 2.80 bits per heavy atom. The summed E-state index contributed by atoms with van der Waals surface area (Å²) >= 11 is 0. The summed E-state index contributed by atoms with van der Waals surface area (Å²) in [7, 11) is 0. The second-order valence-electron chi connectivity index (χ2n) is 5.20. The maximum atomic E-state index is 10.9. The Kier molecular flexibility index (Phi) is 3.27. The Hall–Kier alpha value is -2.15. The molecule has 20 heavy (non-hydrogen) atoms. The Balaban J connectivity index is 1.71. The quantitative estimate of drug-likeness (QED) is 0.851. The van der Waals surface area contributed by atoms with Gasteiger partial charge in [-0.15, -0.1) is 10.2 Å². The lowest BCUT2D eigenvalue weighted by Gasteiger charge is -2.29. The third-order valence-corrected chi connectivity index (χ3v) is 3.80. The molecule has 3 rings (SSSR count). The number of fused-ring (bicyclic) bond motifs is 1. The molecular weight excluding hydrogens is 258 g/mol. The third-order valence-electron chi connectivity index (χ3n) is 3.80. The topological polar surface area (TPSA) is 96.8 Å². The highest BCUT2D eigenvalue weighted by atomic mass is 16.4. The minimum atomic E-state index is -0.689. The van der Waals surface area contributed by atoms with Crippen LogP contribution in [0.1, 0.15) is 18.7 Å². The van der Waals surface area contributed by atoms with Crippen LogP contribution in [0, 0.1) is 5.92 Å². The molecule has 7 heteroatoms. The molecule has 0 bridgehead atoms. The molecule has 0 saturated carbocycles. The Labute approximate surface area is 116 Å². The van der Waals surface area contributed by atoms with Gasteiger partial charge < -0.3 is 10.8 Å². The third kappa shape index (κ3) is 2.44. The number of hydrogen-bond acceptors (Lipinski definition) is 5. The van der Waals surface area contributed by atoms with Gasteiger partial charge in [-0.2, -0.15) is 0 Å². The predicted octanol–water partition coefficient (Wildman–Crippen LogP) is 0.608. The van der Waals surface area contributed by atoms with Gasteiger partial charge >= 0.3 is 5.97 Å². The molecule has 2 aromatic heterocycles. The number of aliphatic carboxylic acids is 1. The molecule has 1 fully saturated rings. The number of likely N-dealkylation sites (tertiary alicyclic amines) is 1. The van der Waals surface area contributed by atoms with E-state index in [-0.39, 0.29) is 5.92 Å². The fourth-order valence-electron chi connectivity index (χ4n) is 2.60. The summed E-state index contributed by atoms with van der Waals surface area (Å²) in [6.07, 6.45) is 3.19. The van der Waals surface area contributed by atoms with Gasteiger partial charge in [-0.1, -0.05) is 0 Å². The highest BCUT2D eigenvalue weighted by molar-refractivity contribution is 5.70. The molecule has 0 aliphatic carbocycles. The van der Waals surface area contributed by atoms with E-state index in [1.54, 1.807) is 6.07 Å². The number of pyridine rings is 1. The van der Waals surface area contributed by atoms with Crippen molar-refractivity contribution in [3.63, 3.8) is 0 Å².